The molecule has 7 nitrogen and oxygen atoms in total. The Morgan fingerprint density at radius 2 is 1.86 bits per heavy atom. The van der Waals surface area contributed by atoms with E-state index >= 15 is 0 Å². The molecule has 2 aromatic carbocycles. The van der Waals surface area contributed by atoms with Crippen LogP contribution in [0.4, 0.5) is 5.69 Å². The van der Waals surface area contributed by atoms with Crippen LogP contribution in [0.15, 0.2) is 42.5 Å². The Balaban J connectivity index is 1.58. The number of nitrogens with zero attached hydrogens (tertiary/aromatic N) is 2. The van der Waals surface area contributed by atoms with Crippen molar-refractivity contribution in [3.05, 3.63) is 53.1 Å². The van der Waals surface area contributed by atoms with E-state index in [9.17, 15) is 14.4 Å². The zero-order chi connectivity index (χ0) is 19.8. The average Bonchev–Trinajstić information content (AvgIpc) is 3.24. The van der Waals surface area contributed by atoms with Crippen LogP contribution in [-0.4, -0.2) is 35.5 Å². The lowest BCUT2D eigenvalue weighted by molar-refractivity contribution is -0.137. The van der Waals surface area contributed by atoms with Crippen molar-refractivity contribution in [1.82, 2.24) is 4.90 Å². The fraction of sp³-hybridized carbons (Fsp3) is 0.250. The second-order valence-corrected chi connectivity index (χ2v) is 7.03. The number of fused-ring (bicyclic) bond motifs is 1. The molecule has 2 aliphatic rings. The van der Waals surface area contributed by atoms with Crippen LogP contribution < -0.4 is 14.4 Å². The quantitative estimate of drug-likeness (QED) is 0.737. The Morgan fingerprint density at radius 1 is 1.14 bits per heavy atom. The van der Waals surface area contributed by atoms with Gasteiger partial charge in [-0.1, -0.05) is 17.7 Å². The van der Waals surface area contributed by atoms with E-state index in [2.05, 4.69) is 0 Å². The highest BCUT2D eigenvalue weighted by Crippen LogP contribution is 2.34. The van der Waals surface area contributed by atoms with Crippen molar-refractivity contribution in [2.75, 3.05) is 11.7 Å². The molecule has 4 rings (SSSR count). The van der Waals surface area contributed by atoms with Gasteiger partial charge in [-0.25, -0.2) is 4.90 Å². The lowest BCUT2D eigenvalue weighted by Gasteiger charge is -2.26. The van der Waals surface area contributed by atoms with E-state index in [0.29, 0.717) is 22.2 Å². The number of benzene rings is 2. The summed E-state index contributed by atoms with van der Waals surface area (Å²) in [5.74, 6) is 0.163. The largest absolute Gasteiger partial charge is 0.454 e. The molecule has 3 amide bonds. The molecule has 0 aromatic heterocycles. The molecule has 2 aliphatic heterocycles. The topological polar surface area (TPSA) is 76.2 Å². The van der Waals surface area contributed by atoms with Crippen molar-refractivity contribution in [2.24, 2.45) is 0 Å². The number of carbonyl (C=O) groups is 3. The minimum absolute atomic E-state index is 0.0639. The summed E-state index contributed by atoms with van der Waals surface area (Å²) in [5, 5.41) is 0.507. The van der Waals surface area contributed by atoms with E-state index in [1.165, 1.54) is 11.8 Å². The molecule has 144 valence electrons. The van der Waals surface area contributed by atoms with Gasteiger partial charge in [-0.15, -0.1) is 0 Å². The van der Waals surface area contributed by atoms with Crippen LogP contribution in [0, 0.1) is 0 Å². The zero-order valence-electron chi connectivity index (χ0n) is 15.1. The number of rotatable bonds is 4. The number of ether oxygens (including phenoxy) is 2. The molecular weight excluding hydrogens is 384 g/mol. The number of halogens is 1. The molecule has 0 radical (unpaired) electrons. The number of carbonyl (C=O) groups excluding carboxylic acids is 3. The van der Waals surface area contributed by atoms with Crippen LogP contribution in [0.25, 0.3) is 0 Å². The summed E-state index contributed by atoms with van der Waals surface area (Å²) in [6.45, 7) is 1.72. The molecule has 0 bridgehead atoms. The molecule has 1 saturated heterocycles. The van der Waals surface area contributed by atoms with E-state index in [1.54, 1.807) is 36.4 Å². The third-order valence-electron chi connectivity index (χ3n) is 4.78. The molecular formula is C20H17ClN2O5. The predicted molar refractivity (Wildman–Crippen MR) is 101 cm³/mol. The fourth-order valence-electron chi connectivity index (χ4n) is 3.40. The molecule has 28 heavy (non-hydrogen) atoms. The van der Waals surface area contributed by atoms with Crippen molar-refractivity contribution in [2.45, 2.75) is 25.9 Å². The van der Waals surface area contributed by atoms with Crippen LogP contribution in [0.5, 0.6) is 11.5 Å². The molecule has 8 heteroatoms. The molecule has 0 spiro atoms. The highest BCUT2D eigenvalue weighted by atomic mass is 35.5. The number of amides is 3. The molecule has 0 N–H and O–H groups in total. The highest BCUT2D eigenvalue weighted by Gasteiger charge is 2.43. The first-order valence-corrected chi connectivity index (χ1v) is 9.10. The summed E-state index contributed by atoms with van der Waals surface area (Å²) in [7, 11) is 0. The molecule has 0 aliphatic carbocycles. The molecule has 1 fully saturated rings. The van der Waals surface area contributed by atoms with E-state index in [-0.39, 0.29) is 31.6 Å². The smallest absolute Gasteiger partial charge is 0.257 e. The Hall–Kier alpha value is -3.06. The average molecular weight is 401 g/mol. The summed E-state index contributed by atoms with van der Waals surface area (Å²) in [4.78, 5) is 40.3. The van der Waals surface area contributed by atoms with Crippen LogP contribution in [0.3, 0.4) is 0 Å². The first-order valence-electron chi connectivity index (χ1n) is 8.72. The highest BCUT2D eigenvalue weighted by molar-refractivity contribution is 6.30. The van der Waals surface area contributed by atoms with Crippen molar-refractivity contribution in [3.63, 3.8) is 0 Å². The van der Waals surface area contributed by atoms with Crippen LogP contribution in [0.2, 0.25) is 5.02 Å². The minimum atomic E-state index is -0.855. The first-order chi connectivity index (χ1) is 13.4. The zero-order valence-corrected chi connectivity index (χ0v) is 15.8. The van der Waals surface area contributed by atoms with Gasteiger partial charge in [0.25, 0.3) is 5.91 Å². The molecule has 0 saturated carbocycles. The summed E-state index contributed by atoms with van der Waals surface area (Å²) in [6, 6.07) is 10.9. The lowest BCUT2D eigenvalue weighted by atomic mass is 10.1. The Morgan fingerprint density at radius 3 is 2.57 bits per heavy atom. The van der Waals surface area contributed by atoms with Crippen molar-refractivity contribution in [3.8, 4) is 11.5 Å². The maximum absolute atomic E-state index is 13.0. The normalized spacial score (nSPS) is 17.9. The second-order valence-electron chi connectivity index (χ2n) is 6.60. The van der Waals surface area contributed by atoms with Crippen LogP contribution in [-0.2, 0) is 20.9 Å². The van der Waals surface area contributed by atoms with Gasteiger partial charge in [0.2, 0.25) is 18.6 Å². The van der Waals surface area contributed by atoms with E-state index in [4.69, 9.17) is 21.1 Å². The summed E-state index contributed by atoms with van der Waals surface area (Å²) in [6.07, 6.45) is -0.0639. The number of hydrogen-bond donors (Lipinski definition) is 0. The summed E-state index contributed by atoms with van der Waals surface area (Å²) in [5.41, 5.74) is 1.22. The monoisotopic (exact) mass is 400 g/mol. The van der Waals surface area contributed by atoms with Gasteiger partial charge in [0, 0.05) is 18.5 Å². The van der Waals surface area contributed by atoms with Gasteiger partial charge in [-0.2, -0.15) is 0 Å². The summed E-state index contributed by atoms with van der Waals surface area (Å²) < 4.78 is 10.7. The Labute approximate surface area is 166 Å². The maximum atomic E-state index is 13.0. The van der Waals surface area contributed by atoms with Gasteiger partial charge in [-0.05, 0) is 42.0 Å². The fourth-order valence-corrected chi connectivity index (χ4v) is 3.52. The van der Waals surface area contributed by atoms with Gasteiger partial charge >= 0.3 is 0 Å². The summed E-state index contributed by atoms with van der Waals surface area (Å²) >= 11 is 5.88. The second kappa shape index (κ2) is 7.16. The van der Waals surface area contributed by atoms with Gasteiger partial charge in [0.1, 0.15) is 6.04 Å². The molecule has 2 heterocycles. The third kappa shape index (κ3) is 3.29. The van der Waals surface area contributed by atoms with Gasteiger partial charge < -0.3 is 14.4 Å². The van der Waals surface area contributed by atoms with Crippen LogP contribution in [0.1, 0.15) is 18.9 Å². The Kier molecular flexibility index (Phi) is 4.68. The number of anilines is 1. The lowest BCUT2D eigenvalue weighted by Crippen LogP contribution is -2.44. The van der Waals surface area contributed by atoms with E-state index in [0.717, 1.165) is 10.5 Å². The van der Waals surface area contributed by atoms with E-state index in [1.807, 2.05) is 6.07 Å². The van der Waals surface area contributed by atoms with Gasteiger partial charge in [0.15, 0.2) is 11.5 Å². The minimum Gasteiger partial charge on any atom is -0.454 e. The SMILES string of the molecule is CC(=O)N(Cc1ccc2c(c1)OCO2)C1CC(=O)N(c2ccc(Cl)cc2)C1=O. The van der Waals surface area contributed by atoms with Crippen molar-refractivity contribution in [1.29, 1.82) is 0 Å². The van der Waals surface area contributed by atoms with Gasteiger partial charge in [0.05, 0.1) is 12.1 Å². The Bertz CT molecular complexity index is 960. The molecule has 1 unspecified atom stereocenters. The number of hydrogen-bond acceptors (Lipinski definition) is 5. The number of imide groups is 1. The predicted octanol–water partition coefficient (Wildman–Crippen LogP) is 2.75. The standard InChI is InChI=1S/C20H17ClN2O5/c1-12(24)22(10-13-2-7-17-18(8-13)28-11-27-17)16-9-19(25)23(20(16)26)15-5-3-14(21)4-6-15/h2-8,16H,9-11H2,1H3. The van der Waals surface area contributed by atoms with Crippen molar-refractivity contribution >= 4 is 35.0 Å². The third-order valence-corrected chi connectivity index (χ3v) is 5.03. The molecule has 2 aromatic rings. The molecule has 1 atom stereocenters. The van der Waals surface area contributed by atoms with Gasteiger partial charge in [-0.3, -0.25) is 14.4 Å². The van der Waals surface area contributed by atoms with Crippen molar-refractivity contribution < 1.29 is 23.9 Å². The first kappa shape index (κ1) is 18.3. The maximum Gasteiger partial charge on any atom is 0.257 e. The van der Waals surface area contributed by atoms with E-state index < -0.39 is 11.9 Å². The van der Waals surface area contributed by atoms with Crippen LogP contribution >= 0.6 is 11.6 Å².